The van der Waals surface area contributed by atoms with Gasteiger partial charge in [-0.15, -0.1) is 0 Å². The van der Waals surface area contributed by atoms with Gasteiger partial charge in [0.25, 0.3) is 0 Å². The molecule has 3 aromatic carbocycles. The van der Waals surface area contributed by atoms with E-state index in [1.54, 1.807) is 0 Å². The third-order valence-corrected chi connectivity index (χ3v) is 7.93. The van der Waals surface area contributed by atoms with Crippen LogP contribution in [-0.4, -0.2) is 17.6 Å². The number of benzene rings is 3. The summed E-state index contributed by atoms with van der Waals surface area (Å²) in [7, 11) is 0. The highest BCUT2D eigenvalue weighted by Gasteiger charge is 2.35. The molecule has 1 heteroatoms. The monoisotopic (exact) mass is 468 g/mol. The van der Waals surface area contributed by atoms with Gasteiger partial charge in [0.1, 0.15) is 13.1 Å². The van der Waals surface area contributed by atoms with Crippen molar-refractivity contribution in [2.45, 2.75) is 84.7 Å². The molecular weight excluding hydrogens is 422 g/mol. The molecule has 0 aromatic heterocycles. The largest absolute Gasteiger partial charge is 0.316 e. The second-order valence-corrected chi connectivity index (χ2v) is 13.2. The van der Waals surface area contributed by atoms with E-state index >= 15 is 0 Å². The van der Waals surface area contributed by atoms with Crippen LogP contribution in [0, 0.1) is 5.92 Å². The molecule has 35 heavy (non-hydrogen) atoms. The lowest BCUT2D eigenvalue weighted by atomic mass is 9.84. The Morgan fingerprint density at radius 3 is 1.63 bits per heavy atom. The van der Waals surface area contributed by atoms with Crippen molar-refractivity contribution < 1.29 is 4.48 Å². The van der Waals surface area contributed by atoms with Gasteiger partial charge in [-0.25, -0.2) is 0 Å². The molecule has 4 rings (SSSR count). The molecule has 1 nitrogen and oxygen atoms in total. The SMILES string of the molecule is CC(C)(C)c1ccc(C[C@H]2CCC[N@@+](Cc3ccccc3)(Cc3ccc(C(C)(C)C)cc3)C2)cc1. The van der Waals surface area contributed by atoms with Crippen molar-refractivity contribution >= 4 is 0 Å². The van der Waals surface area contributed by atoms with Crippen molar-refractivity contribution in [2.75, 3.05) is 13.1 Å². The van der Waals surface area contributed by atoms with E-state index in [0.29, 0.717) is 0 Å². The van der Waals surface area contributed by atoms with Crippen LogP contribution in [0.4, 0.5) is 0 Å². The molecule has 1 aliphatic heterocycles. The summed E-state index contributed by atoms with van der Waals surface area (Å²) < 4.78 is 1.17. The fourth-order valence-corrected chi connectivity index (χ4v) is 5.90. The lowest BCUT2D eigenvalue weighted by Gasteiger charge is -2.45. The Morgan fingerprint density at radius 2 is 1.11 bits per heavy atom. The highest BCUT2D eigenvalue weighted by Crippen LogP contribution is 2.32. The molecule has 0 amide bonds. The normalized spacial score (nSPS) is 21.1. The van der Waals surface area contributed by atoms with E-state index in [-0.39, 0.29) is 10.8 Å². The second kappa shape index (κ2) is 10.3. The zero-order chi connectivity index (χ0) is 25.1. The third-order valence-electron chi connectivity index (χ3n) is 7.93. The number of piperidine rings is 1. The van der Waals surface area contributed by atoms with Crippen LogP contribution in [0.2, 0.25) is 0 Å². The number of quaternary nitrogens is 1. The van der Waals surface area contributed by atoms with Crippen molar-refractivity contribution in [3.05, 3.63) is 107 Å². The van der Waals surface area contributed by atoms with Crippen molar-refractivity contribution in [1.29, 1.82) is 0 Å². The summed E-state index contributed by atoms with van der Waals surface area (Å²) in [6.07, 6.45) is 3.86. The summed E-state index contributed by atoms with van der Waals surface area (Å²) in [5.74, 6) is 0.738. The van der Waals surface area contributed by atoms with Gasteiger partial charge >= 0.3 is 0 Å². The first-order valence-corrected chi connectivity index (χ1v) is 13.6. The quantitative estimate of drug-likeness (QED) is 0.318. The Labute approximate surface area is 214 Å². The number of hydrogen-bond donors (Lipinski definition) is 0. The zero-order valence-electron chi connectivity index (χ0n) is 23.0. The summed E-state index contributed by atoms with van der Waals surface area (Å²) in [6, 6.07) is 30.1. The summed E-state index contributed by atoms with van der Waals surface area (Å²) in [6.45, 7) is 18.6. The summed E-state index contributed by atoms with van der Waals surface area (Å²) in [5, 5.41) is 0. The first-order chi connectivity index (χ1) is 16.5. The van der Waals surface area contributed by atoms with Gasteiger partial charge < -0.3 is 4.48 Å². The average molecular weight is 469 g/mol. The van der Waals surface area contributed by atoms with Gasteiger partial charge in [0.2, 0.25) is 0 Å². The van der Waals surface area contributed by atoms with E-state index in [4.69, 9.17) is 0 Å². The summed E-state index contributed by atoms with van der Waals surface area (Å²) >= 11 is 0. The Kier molecular flexibility index (Phi) is 7.57. The fraction of sp³-hybridized carbons (Fsp3) is 0.471. The van der Waals surface area contributed by atoms with E-state index in [2.05, 4.69) is 120 Å². The van der Waals surface area contributed by atoms with E-state index < -0.39 is 0 Å². The van der Waals surface area contributed by atoms with Gasteiger partial charge in [0.15, 0.2) is 0 Å². The maximum Gasteiger partial charge on any atom is 0.105 e. The van der Waals surface area contributed by atoms with Crippen LogP contribution in [0.25, 0.3) is 0 Å². The molecule has 0 saturated carbocycles. The van der Waals surface area contributed by atoms with Crippen molar-refractivity contribution in [3.8, 4) is 0 Å². The summed E-state index contributed by atoms with van der Waals surface area (Å²) in [4.78, 5) is 0. The molecule has 2 atom stereocenters. The molecule has 1 saturated heterocycles. The van der Waals surface area contributed by atoms with Crippen molar-refractivity contribution in [2.24, 2.45) is 5.92 Å². The van der Waals surface area contributed by atoms with Crippen LogP contribution >= 0.6 is 0 Å². The van der Waals surface area contributed by atoms with Crippen LogP contribution in [0.1, 0.15) is 82.2 Å². The van der Waals surface area contributed by atoms with Gasteiger partial charge in [-0.2, -0.15) is 0 Å². The fourth-order valence-electron chi connectivity index (χ4n) is 5.90. The van der Waals surface area contributed by atoms with Gasteiger partial charge in [0, 0.05) is 17.0 Å². The number of nitrogens with zero attached hydrogens (tertiary/aromatic N) is 1. The first-order valence-electron chi connectivity index (χ1n) is 13.6. The van der Waals surface area contributed by atoms with E-state index in [9.17, 15) is 0 Å². The van der Waals surface area contributed by atoms with Gasteiger partial charge in [-0.05, 0) is 46.8 Å². The Morgan fingerprint density at radius 1 is 0.629 bits per heavy atom. The van der Waals surface area contributed by atoms with E-state index in [0.717, 1.165) is 19.0 Å². The summed E-state index contributed by atoms with van der Waals surface area (Å²) in [5.41, 5.74) is 7.71. The molecule has 0 unspecified atom stereocenters. The predicted octanol–water partition coefficient (Wildman–Crippen LogP) is 8.45. The Balaban J connectivity index is 1.54. The van der Waals surface area contributed by atoms with Crippen LogP contribution in [0.3, 0.4) is 0 Å². The topological polar surface area (TPSA) is 0 Å². The van der Waals surface area contributed by atoms with Crippen LogP contribution in [0.15, 0.2) is 78.9 Å². The number of rotatable bonds is 6. The molecule has 0 bridgehead atoms. The minimum atomic E-state index is 0.202. The average Bonchev–Trinajstić information content (AvgIpc) is 2.79. The van der Waals surface area contributed by atoms with E-state index in [1.807, 2.05) is 0 Å². The Bertz CT molecular complexity index is 1060. The molecule has 3 aromatic rings. The maximum atomic E-state index is 2.39. The third kappa shape index (κ3) is 6.85. The zero-order valence-corrected chi connectivity index (χ0v) is 23.0. The van der Waals surface area contributed by atoms with Gasteiger partial charge in [-0.3, -0.25) is 0 Å². The maximum absolute atomic E-state index is 2.39. The predicted molar refractivity (Wildman–Crippen MR) is 151 cm³/mol. The molecule has 186 valence electrons. The lowest BCUT2D eigenvalue weighted by molar-refractivity contribution is -0.961. The molecule has 0 aliphatic carbocycles. The van der Waals surface area contributed by atoms with Crippen molar-refractivity contribution in [3.63, 3.8) is 0 Å². The van der Waals surface area contributed by atoms with Crippen molar-refractivity contribution in [1.82, 2.24) is 0 Å². The second-order valence-electron chi connectivity index (χ2n) is 13.2. The number of hydrogen-bond acceptors (Lipinski definition) is 0. The highest BCUT2D eigenvalue weighted by atomic mass is 15.4. The molecule has 1 aliphatic rings. The first kappa shape index (κ1) is 25.7. The molecule has 0 spiro atoms. The lowest BCUT2D eigenvalue weighted by Crippen LogP contribution is -2.53. The smallest absolute Gasteiger partial charge is 0.105 e. The molecule has 0 radical (unpaired) electrons. The van der Waals surface area contributed by atoms with Gasteiger partial charge in [0.05, 0.1) is 13.1 Å². The molecule has 0 N–H and O–H groups in total. The van der Waals surface area contributed by atoms with Gasteiger partial charge in [-0.1, -0.05) is 120 Å². The van der Waals surface area contributed by atoms with Crippen LogP contribution in [-0.2, 0) is 30.3 Å². The van der Waals surface area contributed by atoms with Crippen LogP contribution in [0.5, 0.6) is 0 Å². The Hall–Kier alpha value is -2.38. The molecule has 1 heterocycles. The molecule has 1 fully saturated rings. The molecular formula is C34H46N+. The van der Waals surface area contributed by atoms with Crippen LogP contribution < -0.4 is 0 Å². The highest BCUT2D eigenvalue weighted by molar-refractivity contribution is 5.28. The minimum absolute atomic E-state index is 0.202. The standard InChI is InChI=1S/C34H46N/c1-33(2,3)31-18-14-27(15-19-31)23-30-13-10-22-35(26-30,24-28-11-8-7-9-12-28)25-29-16-20-32(21-17-29)34(4,5)6/h7-9,11-12,14-21,30H,10,13,22-26H2,1-6H3/q+1/t30-,35-/m1/s1. The minimum Gasteiger partial charge on any atom is -0.316 e. The number of likely N-dealkylation sites (tertiary alicyclic amines) is 1. The van der Waals surface area contributed by atoms with E-state index in [1.165, 1.54) is 64.7 Å².